The number of nitrogens with zero attached hydrogens (tertiary/aromatic N) is 2. The lowest BCUT2D eigenvalue weighted by Crippen LogP contribution is -2.39. The molecule has 0 radical (unpaired) electrons. The standard InChI is InChI=1S/C41H42N5O10.C7H8O3S/c1-47-32-22-16-24-36(51-5)40(55-9)30(44-24)31-41(56-10)37(52-6)25(45-31)17-23-33(48-2)35(50-4)27(43-23)19-29-39(54-8)38(53-7)28(18-26(42-22)34(32)49-3)46(29)20-21-14-12-11-13-15-21;1-6-2-4-7(5-3-6)11(8,9)10/h11-19H,20H2,1-10H3,(H-,42,43,44,45);2-5H,1H3,(H,8,9,10)/q-1;/p+1. The first kappa shape index (κ1) is 47.2. The van der Waals surface area contributed by atoms with Crippen LogP contribution in [-0.2, 0) is 35.6 Å². The van der Waals surface area contributed by atoms with Crippen molar-refractivity contribution in [3.05, 3.63) is 113 Å². The van der Waals surface area contributed by atoms with Crippen LogP contribution in [0, 0.1) is 6.92 Å². The molecule has 67 heavy (non-hydrogen) atoms. The molecule has 19 heteroatoms. The second-order valence-electron chi connectivity index (χ2n) is 14.7. The highest BCUT2D eigenvalue weighted by Gasteiger charge is 2.39. The Bertz CT molecular complexity index is 3210. The van der Waals surface area contributed by atoms with Crippen LogP contribution in [0.15, 0.2) is 83.8 Å². The number of hydrogen-bond donors (Lipinski definition) is 2. The van der Waals surface area contributed by atoms with Crippen molar-refractivity contribution in [1.29, 1.82) is 0 Å². The number of aromatic nitrogens is 5. The highest BCUT2D eigenvalue weighted by atomic mass is 32.2. The molecule has 0 unspecified atom stereocenters. The fourth-order valence-electron chi connectivity index (χ4n) is 7.96. The molecule has 0 saturated heterocycles. The molecule has 6 heterocycles. The maximum absolute atomic E-state index is 10.4. The van der Waals surface area contributed by atoms with Gasteiger partial charge in [0.05, 0.1) is 104 Å². The molecule has 0 atom stereocenters. The number of rotatable bonds is 13. The molecule has 0 fully saturated rings. The zero-order chi connectivity index (χ0) is 48.2. The third-order valence-electron chi connectivity index (χ3n) is 10.9. The van der Waals surface area contributed by atoms with Crippen molar-refractivity contribution in [2.75, 3.05) is 71.1 Å². The highest BCUT2D eigenvalue weighted by molar-refractivity contribution is 7.85. The van der Waals surface area contributed by atoms with E-state index in [1.807, 2.05) is 43.3 Å². The van der Waals surface area contributed by atoms with Crippen molar-refractivity contribution in [1.82, 2.24) is 15.0 Å². The Morgan fingerprint density at radius 3 is 1.57 bits per heavy atom. The summed E-state index contributed by atoms with van der Waals surface area (Å²) in [7, 11) is 11.5. The van der Waals surface area contributed by atoms with Gasteiger partial charge in [-0.1, -0.05) is 59.1 Å². The van der Waals surface area contributed by atoms with E-state index in [9.17, 15) is 13.0 Å². The van der Waals surface area contributed by atoms with Crippen LogP contribution in [0.2, 0.25) is 0 Å². The lowest BCUT2D eigenvalue weighted by Gasteiger charge is -2.07. The summed E-state index contributed by atoms with van der Waals surface area (Å²) >= 11 is 0. The number of nitrogens with one attached hydrogen (secondary N) is 3. The SMILES string of the molecule is COC1=C(OC)c2cc3[nH]c(c(OC)c3OC)c3[n-]c(cc4[nH]c(cc5[n+](Cc6ccccc6)c(cc1[nH+]2)C(OC)=C5OC)c(OC)c4OC)c(OC)c3OC.Cc1ccc(S(=O)(=O)[O-])cc1. The lowest BCUT2D eigenvalue weighted by molar-refractivity contribution is -0.690. The summed E-state index contributed by atoms with van der Waals surface area (Å²) in [6, 6.07) is 23.4. The van der Waals surface area contributed by atoms with E-state index < -0.39 is 10.1 Å². The van der Waals surface area contributed by atoms with E-state index >= 15 is 0 Å². The van der Waals surface area contributed by atoms with Gasteiger partial charge in [-0.15, -0.1) is 0 Å². The number of methoxy groups -OCH3 is 10. The topological polar surface area (TPSA) is 213 Å². The average molecular weight is 938 g/mol. The second-order valence-corrected chi connectivity index (χ2v) is 16.1. The Labute approximate surface area is 386 Å². The van der Waals surface area contributed by atoms with E-state index in [0.29, 0.717) is 120 Å². The molecule has 10 bridgehead atoms. The molecule has 0 aliphatic carbocycles. The number of aromatic amines is 3. The van der Waals surface area contributed by atoms with Crippen LogP contribution < -0.4 is 43.0 Å². The van der Waals surface area contributed by atoms with Crippen LogP contribution in [0.4, 0.5) is 0 Å². The summed E-state index contributed by atoms with van der Waals surface area (Å²) in [5.41, 5.74) is 7.52. The van der Waals surface area contributed by atoms with E-state index in [2.05, 4.69) is 31.7 Å². The summed E-state index contributed by atoms with van der Waals surface area (Å²) in [6.07, 6.45) is 0. The summed E-state index contributed by atoms with van der Waals surface area (Å²) in [6.45, 7) is 2.26. The van der Waals surface area contributed by atoms with Crippen molar-refractivity contribution in [2.24, 2.45) is 0 Å². The number of ether oxygens (including phenoxy) is 10. The molecule has 18 nitrogen and oxygen atoms in total. The molecule has 0 saturated carbocycles. The lowest BCUT2D eigenvalue weighted by atomic mass is 10.2. The minimum atomic E-state index is -4.27. The fraction of sp³-hybridized carbons (Fsp3) is 0.250. The number of aryl methyl sites for hydroxylation is 1. The highest BCUT2D eigenvalue weighted by Crippen LogP contribution is 2.46. The predicted molar refractivity (Wildman–Crippen MR) is 247 cm³/mol. The molecule has 2 aromatic carbocycles. The monoisotopic (exact) mass is 937 g/mol. The van der Waals surface area contributed by atoms with Gasteiger partial charge in [-0.2, -0.15) is 9.55 Å². The third-order valence-corrected chi connectivity index (χ3v) is 11.8. The van der Waals surface area contributed by atoms with Crippen LogP contribution in [0.1, 0.15) is 33.9 Å². The van der Waals surface area contributed by atoms with Crippen LogP contribution in [0.5, 0.6) is 34.5 Å². The number of H-pyrrole nitrogens is 3. The van der Waals surface area contributed by atoms with Crippen molar-refractivity contribution in [3.8, 4) is 34.5 Å². The Balaban J connectivity index is 0.000000532. The Hall–Kier alpha value is -7.77. The van der Waals surface area contributed by atoms with Crippen molar-refractivity contribution < 1.29 is 69.9 Å². The van der Waals surface area contributed by atoms with Gasteiger partial charge in [0.15, 0.2) is 29.5 Å². The molecule has 4 aromatic heterocycles. The summed E-state index contributed by atoms with van der Waals surface area (Å²) in [4.78, 5) is 15.3. The van der Waals surface area contributed by atoms with Crippen molar-refractivity contribution >= 4 is 66.3 Å². The van der Waals surface area contributed by atoms with Gasteiger partial charge in [0.1, 0.15) is 21.6 Å². The summed E-state index contributed by atoms with van der Waals surface area (Å²) in [5, 5.41) is 0. The van der Waals surface area contributed by atoms with Gasteiger partial charge in [-0.25, -0.2) is 8.42 Å². The smallest absolute Gasteiger partial charge is 0.259 e. The molecule has 8 rings (SSSR count). The van der Waals surface area contributed by atoms with Crippen LogP contribution >= 0.6 is 0 Å². The minimum absolute atomic E-state index is 0.178. The quantitative estimate of drug-likeness (QED) is 0.0931. The third kappa shape index (κ3) is 8.85. The predicted octanol–water partition coefficient (Wildman–Crippen LogP) is 6.54. The van der Waals surface area contributed by atoms with E-state index in [4.69, 9.17) is 52.4 Å². The van der Waals surface area contributed by atoms with Crippen LogP contribution in [0.25, 0.3) is 56.1 Å². The molecule has 352 valence electrons. The first-order valence-electron chi connectivity index (χ1n) is 20.4. The minimum Gasteiger partial charge on any atom is -0.744 e. The molecule has 6 aromatic rings. The van der Waals surface area contributed by atoms with Gasteiger partial charge in [-0.05, 0) is 25.1 Å². The van der Waals surface area contributed by atoms with Crippen molar-refractivity contribution in [2.45, 2.75) is 18.4 Å². The molecule has 2 aliphatic heterocycles. The molecule has 0 spiro atoms. The van der Waals surface area contributed by atoms with E-state index in [-0.39, 0.29) is 4.90 Å². The maximum atomic E-state index is 10.4. The largest absolute Gasteiger partial charge is 0.744 e. The van der Waals surface area contributed by atoms with Gasteiger partial charge in [0, 0.05) is 17.7 Å². The van der Waals surface area contributed by atoms with Gasteiger partial charge in [0.2, 0.25) is 23.0 Å². The summed E-state index contributed by atoms with van der Waals surface area (Å²) < 4.78 is 93.1. The number of hydrogen-bond acceptors (Lipinski definition) is 13. The molecular weight excluding hydrogens is 887 g/mol. The first-order chi connectivity index (χ1) is 32.3. The van der Waals surface area contributed by atoms with Gasteiger partial charge in [-0.3, -0.25) is 0 Å². The Kier molecular flexibility index (Phi) is 13.9. The fourth-order valence-corrected chi connectivity index (χ4v) is 8.43. The number of fused-ring (bicyclic) bond motifs is 11. The maximum Gasteiger partial charge on any atom is 0.259 e. The average Bonchev–Trinajstić information content (AvgIpc) is 4.11. The zero-order valence-electron chi connectivity index (χ0n) is 38.8. The second kappa shape index (κ2) is 19.8. The normalized spacial score (nSPS) is 12.2. The van der Waals surface area contributed by atoms with E-state index in [1.54, 1.807) is 89.3 Å². The molecule has 0 amide bonds. The Morgan fingerprint density at radius 2 is 1.04 bits per heavy atom. The van der Waals surface area contributed by atoms with E-state index in [0.717, 1.165) is 11.1 Å². The Morgan fingerprint density at radius 1 is 0.552 bits per heavy atom. The molecular formula is C48H51N5O13S. The number of benzene rings is 2. The first-order valence-corrected chi connectivity index (χ1v) is 21.8. The van der Waals surface area contributed by atoms with Crippen molar-refractivity contribution in [3.63, 3.8) is 0 Å². The van der Waals surface area contributed by atoms with Gasteiger partial charge < -0.3 is 66.9 Å². The molecule has 2 aliphatic rings. The summed E-state index contributed by atoms with van der Waals surface area (Å²) in [5.74, 6) is 4.30. The zero-order valence-corrected chi connectivity index (χ0v) is 39.6. The molecule has 3 N–H and O–H groups in total. The van der Waals surface area contributed by atoms with E-state index in [1.165, 1.54) is 12.1 Å². The van der Waals surface area contributed by atoms with Gasteiger partial charge >= 0.3 is 0 Å². The van der Waals surface area contributed by atoms with Crippen LogP contribution in [0.3, 0.4) is 0 Å². The van der Waals surface area contributed by atoms with Gasteiger partial charge in [0.25, 0.3) is 22.8 Å². The van der Waals surface area contributed by atoms with Crippen LogP contribution in [-0.4, -0.2) is 94.0 Å².